The van der Waals surface area contributed by atoms with Gasteiger partial charge in [0.25, 0.3) is 5.91 Å². The molecule has 0 radical (unpaired) electrons. The van der Waals surface area contributed by atoms with Gasteiger partial charge in [0.15, 0.2) is 6.10 Å². The van der Waals surface area contributed by atoms with Crippen molar-refractivity contribution in [3.63, 3.8) is 0 Å². The summed E-state index contributed by atoms with van der Waals surface area (Å²) in [6.07, 6.45) is -0.876. The minimum absolute atomic E-state index is 0.313. The number of anilines is 1. The predicted molar refractivity (Wildman–Crippen MR) is 68.8 cm³/mol. The van der Waals surface area contributed by atoms with Gasteiger partial charge >= 0.3 is 11.7 Å². The fourth-order valence-corrected chi connectivity index (χ4v) is 1.66. The number of aromatic nitrogens is 2. The van der Waals surface area contributed by atoms with E-state index in [2.05, 4.69) is 15.3 Å². The quantitative estimate of drug-likeness (QED) is 0.710. The maximum atomic E-state index is 11.7. The third-order valence-corrected chi connectivity index (χ3v) is 2.50. The Morgan fingerprint density at radius 2 is 1.95 bits per heavy atom. The van der Waals surface area contributed by atoms with E-state index in [0.29, 0.717) is 16.7 Å². The first kappa shape index (κ1) is 12.9. The maximum absolute atomic E-state index is 11.7. The van der Waals surface area contributed by atoms with Gasteiger partial charge in [-0.15, -0.1) is 0 Å². The van der Waals surface area contributed by atoms with Crippen molar-refractivity contribution in [1.82, 2.24) is 9.97 Å². The first-order chi connectivity index (χ1) is 8.95. The molecule has 1 aromatic carbocycles. The lowest BCUT2D eigenvalue weighted by Crippen LogP contribution is -2.29. The molecule has 3 N–H and O–H groups in total. The summed E-state index contributed by atoms with van der Waals surface area (Å²) in [4.78, 5) is 38.7. The van der Waals surface area contributed by atoms with Gasteiger partial charge in [0.2, 0.25) is 0 Å². The van der Waals surface area contributed by atoms with E-state index in [1.807, 2.05) is 0 Å². The standard InChI is InChI=1S/C12H13N3O4/c1-6(19-7(2)16)11(17)13-8-3-4-9-10(5-8)15-12(18)14-9/h3-6H,1-2H3,(H,13,17)(H2,14,15,18)/t6-/m1/s1. The molecule has 0 aliphatic heterocycles. The molecule has 1 heterocycles. The van der Waals surface area contributed by atoms with Crippen LogP contribution in [0, 0.1) is 0 Å². The number of carbonyl (C=O) groups is 2. The van der Waals surface area contributed by atoms with Gasteiger partial charge in [-0.25, -0.2) is 4.79 Å². The minimum Gasteiger partial charge on any atom is -0.453 e. The lowest BCUT2D eigenvalue weighted by atomic mass is 10.2. The molecule has 19 heavy (non-hydrogen) atoms. The molecule has 0 aliphatic rings. The molecule has 1 atom stereocenters. The molecule has 2 rings (SSSR count). The smallest absolute Gasteiger partial charge is 0.323 e. The summed E-state index contributed by atoms with van der Waals surface area (Å²) in [5.41, 5.74) is 1.43. The zero-order valence-corrected chi connectivity index (χ0v) is 10.4. The summed E-state index contributed by atoms with van der Waals surface area (Å²) >= 11 is 0. The number of fused-ring (bicyclic) bond motifs is 1. The van der Waals surface area contributed by atoms with Gasteiger partial charge in [-0.1, -0.05) is 0 Å². The third-order valence-electron chi connectivity index (χ3n) is 2.50. The van der Waals surface area contributed by atoms with Crippen molar-refractivity contribution >= 4 is 28.6 Å². The third kappa shape index (κ3) is 3.01. The number of H-pyrrole nitrogens is 2. The zero-order chi connectivity index (χ0) is 14.0. The summed E-state index contributed by atoms with van der Waals surface area (Å²) in [5, 5.41) is 2.60. The molecule has 1 amide bonds. The first-order valence-electron chi connectivity index (χ1n) is 5.66. The highest BCUT2D eigenvalue weighted by molar-refractivity contribution is 5.96. The molecule has 0 bridgehead atoms. The number of imidazole rings is 1. The highest BCUT2D eigenvalue weighted by Gasteiger charge is 2.15. The average Bonchev–Trinajstić information content (AvgIpc) is 2.67. The number of aromatic amines is 2. The van der Waals surface area contributed by atoms with Gasteiger partial charge in [-0.05, 0) is 25.1 Å². The van der Waals surface area contributed by atoms with E-state index in [9.17, 15) is 14.4 Å². The van der Waals surface area contributed by atoms with E-state index in [0.717, 1.165) is 0 Å². The Bertz CT molecular complexity index is 686. The molecular weight excluding hydrogens is 250 g/mol. The second kappa shape index (κ2) is 4.97. The van der Waals surface area contributed by atoms with Crippen LogP contribution >= 0.6 is 0 Å². The fraction of sp³-hybridized carbons (Fsp3) is 0.250. The molecule has 0 aliphatic carbocycles. The Morgan fingerprint density at radius 3 is 2.63 bits per heavy atom. The number of esters is 1. The summed E-state index contributed by atoms with van der Waals surface area (Å²) in [6.45, 7) is 2.72. The fourth-order valence-electron chi connectivity index (χ4n) is 1.66. The lowest BCUT2D eigenvalue weighted by Gasteiger charge is -2.12. The first-order valence-corrected chi connectivity index (χ1v) is 5.66. The highest BCUT2D eigenvalue weighted by atomic mass is 16.5. The predicted octanol–water partition coefficient (Wildman–Crippen LogP) is 0.746. The number of amides is 1. The van der Waals surface area contributed by atoms with Gasteiger partial charge in [0.1, 0.15) is 0 Å². The van der Waals surface area contributed by atoms with Crippen LogP contribution in [0.1, 0.15) is 13.8 Å². The Balaban J connectivity index is 2.14. The van der Waals surface area contributed by atoms with Crippen LogP contribution in [-0.4, -0.2) is 27.9 Å². The van der Waals surface area contributed by atoms with Crippen LogP contribution in [0.25, 0.3) is 11.0 Å². The summed E-state index contributed by atoms with van der Waals surface area (Å²) in [5.74, 6) is -0.958. The van der Waals surface area contributed by atoms with E-state index in [1.54, 1.807) is 18.2 Å². The number of carbonyl (C=O) groups excluding carboxylic acids is 2. The second-order valence-corrected chi connectivity index (χ2v) is 4.08. The van der Waals surface area contributed by atoms with Gasteiger partial charge in [0, 0.05) is 12.6 Å². The van der Waals surface area contributed by atoms with Crippen LogP contribution in [0.15, 0.2) is 23.0 Å². The van der Waals surface area contributed by atoms with Gasteiger partial charge in [-0.2, -0.15) is 0 Å². The number of ether oxygens (including phenoxy) is 1. The molecule has 100 valence electrons. The topological polar surface area (TPSA) is 104 Å². The Hall–Kier alpha value is -2.57. The largest absolute Gasteiger partial charge is 0.453 e. The van der Waals surface area contributed by atoms with Crippen LogP contribution in [-0.2, 0) is 14.3 Å². The Labute approximate surface area is 108 Å². The van der Waals surface area contributed by atoms with Crippen molar-refractivity contribution in [2.45, 2.75) is 20.0 Å². The van der Waals surface area contributed by atoms with E-state index >= 15 is 0 Å². The van der Waals surface area contributed by atoms with Crippen molar-refractivity contribution in [1.29, 1.82) is 0 Å². The van der Waals surface area contributed by atoms with Gasteiger partial charge in [0.05, 0.1) is 11.0 Å². The molecule has 0 saturated heterocycles. The molecule has 0 spiro atoms. The van der Waals surface area contributed by atoms with E-state index in [1.165, 1.54) is 13.8 Å². The molecule has 1 aromatic heterocycles. The lowest BCUT2D eigenvalue weighted by molar-refractivity contribution is -0.150. The normalized spacial score (nSPS) is 12.1. The van der Waals surface area contributed by atoms with Crippen molar-refractivity contribution < 1.29 is 14.3 Å². The van der Waals surface area contributed by atoms with Crippen LogP contribution in [0.2, 0.25) is 0 Å². The number of rotatable bonds is 3. The molecule has 0 fully saturated rings. The maximum Gasteiger partial charge on any atom is 0.323 e. The Morgan fingerprint density at radius 1 is 1.26 bits per heavy atom. The molecular formula is C12H13N3O4. The van der Waals surface area contributed by atoms with Crippen molar-refractivity contribution in [2.24, 2.45) is 0 Å². The molecule has 0 unspecified atom stereocenters. The van der Waals surface area contributed by atoms with Gasteiger partial charge < -0.3 is 20.0 Å². The van der Waals surface area contributed by atoms with Crippen molar-refractivity contribution in [2.75, 3.05) is 5.32 Å². The van der Waals surface area contributed by atoms with Crippen LogP contribution in [0.5, 0.6) is 0 Å². The second-order valence-electron chi connectivity index (χ2n) is 4.08. The van der Waals surface area contributed by atoms with E-state index < -0.39 is 18.0 Å². The van der Waals surface area contributed by atoms with Crippen LogP contribution < -0.4 is 11.0 Å². The molecule has 7 nitrogen and oxygen atoms in total. The van der Waals surface area contributed by atoms with Crippen molar-refractivity contribution in [3.05, 3.63) is 28.7 Å². The zero-order valence-electron chi connectivity index (χ0n) is 10.4. The summed E-state index contributed by atoms with van der Waals surface area (Å²) < 4.78 is 4.76. The number of hydrogen-bond donors (Lipinski definition) is 3. The number of benzene rings is 1. The van der Waals surface area contributed by atoms with E-state index in [4.69, 9.17) is 4.74 Å². The van der Waals surface area contributed by atoms with Crippen molar-refractivity contribution in [3.8, 4) is 0 Å². The molecule has 2 aromatic rings. The minimum atomic E-state index is -0.876. The summed E-state index contributed by atoms with van der Waals surface area (Å²) in [7, 11) is 0. The molecule has 0 saturated carbocycles. The number of hydrogen-bond acceptors (Lipinski definition) is 4. The number of nitrogens with one attached hydrogen (secondary N) is 3. The van der Waals surface area contributed by atoms with Crippen LogP contribution in [0.4, 0.5) is 5.69 Å². The van der Waals surface area contributed by atoms with Crippen LogP contribution in [0.3, 0.4) is 0 Å². The average molecular weight is 263 g/mol. The Kier molecular flexibility index (Phi) is 3.37. The monoisotopic (exact) mass is 263 g/mol. The van der Waals surface area contributed by atoms with E-state index in [-0.39, 0.29) is 5.69 Å². The van der Waals surface area contributed by atoms with Gasteiger partial charge in [-0.3, -0.25) is 9.59 Å². The molecule has 7 heteroatoms. The SMILES string of the molecule is CC(=O)O[C@H](C)C(=O)Nc1ccc2[nH]c(=O)[nH]c2c1. The highest BCUT2D eigenvalue weighted by Crippen LogP contribution is 2.14. The summed E-state index contributed by atoms with van der Waals surface area (Å²) in [6, 6.07) is 4.93.